The molecule has 0 spiro atoms. The molecule has 5 heteroatoms. The summed E-state index contributed by atoms with van der Waals surface area (Å²) < 4.78 is 13.2. The normalized spacial score (nSPS) is 11.4. The van der Waals surface area contributed by atoms with Crippen LogP contribution in [0.3, 0.4) is 0 Å². The van der Waals surface area contributed by atoms with Crippen LogP contribution in [-0.2, 0) is 19.5 Å². The first-order valence-electron chi connectivity index (χ1n) is 9.11. The Morgan fingerprint density at radius 2 is 1.82 bits per heavy atom. The van der Waals surface area contributed by atoms with E-state index >= 15 is 0 Å². The van der Waals surface area contributed by atoms with Gasteiger partial charge in [-0.3, -0.25) is 4.90 Å². The van der Waals surface area contributed by atoms with E-state index in [0.29, 0.717) is 11.4 Å². The third-order valence-electron chi connectivity index (χ3n) is 4.71. The second kappa shape index (κ2) is 8.39. The van der Waals surface area contributed by atoms with Crippen LogP contribution in [0.15, 0.2) is 66.0 Å². The molecule has 1 heterocycles. The molecule has 0 radical (unpaired) electrons. The topological polar surface area (TPSA) is 16.1 Å². The number of nitrogens with zero attached hydrogens (tertiary/aromatic N) is 2. The van der Waals surface area contributed by atoms with Gasteiger partial charge in [-0.15, -0.1) is 11.3 Å². The quantitative estimate of drug-likeness (QED) is 0.370. The molecule has 0 fully saturated rings. The fourth-order valence-electron chi connectivity index (χ4n) is 3.38. The third-order valence-corrected chi connectivity index (χ3v) is 5.96. The molecule has 3 aromatic carbocycles. The molecule has 4 aromatic rings. The Balaban J connectivity index is 1.43. The Morgan fingerprint density at radius 3 is 2.68 bits per heavy atom. The van der Waals surface area contributed by atoms with Crippen LogP contribution in [0.25, 0.3) is 10.8 Å². The average molecular weight is 411 g/mol. The van der Waals surface area contributed by atoms with E-state index in [-0.39, 0.29) is 5.82 Å². The zero-order valence-electron chi connectivity index (χ0n) is 15.5. The van der Waals surface area contributed by atoms with Crippen LogP contribution in [0.4, 0.5) is 4.39 Å². The van der Waals surface area contributed by atoms with Gasteiger partial charge in [0.15, 0.2) is 0 Å². The molecule has 0 atom stereocenters. The van der Waals surface area contributed by atoms with E-state index in [1.54, 1.807) is 17.4 Å². The van der Waals surface area contributed by atoms with Crippen molar-refractivity contribution in [1.82, 2.24) is 9.88 Å². The molecular formula is C23H20ClFN2S. The second-order valence-electron chi connectivity index (χ2n) is 6.96. The maximum Gasteiger partial charge on any atom is 0.124 e. The van der Waals surface area contributed by atoms with Crippen molar-refractivity contribution in [3.05, 3.63) is 98.7 Å². The molecule has 142 valence electrons. The van der Waals surface area contributed by atoms with Gasteiger partial charge >= 0.3 is 0 Å². The first-order valence-corrected chi connectivity index (χ1v) is 10.4. The van der Waals surface area contributed by atoms with E-state index in [1.165, 1.54) is 28.5 Å². The van der Waals surface area contributed by atoms with Gasteiger partial charge in [0.2, 0.25) is 0 Å². The molecule has 0 unspecified atom stereocenters. The molecule has 0 saturated carbocycles. The lowest BCUT2D eigenvalue weighted by atomic mass is 10.0. The van der Waals surface area contributed by atoms with E-state index in [4.69, 9.17) is 16.6 Å². The van der Waals surface area contributed by atoms with Gasteiger partial charge in [-0.25, -0.2) is 9.37 Å². The van der Waals surface area contributed by atoms with Crippen LogP contribution < -0.4 is 0 Å². The highest BCUT2D eigenvalue weighted by atomic mass is 35.5. The monoisotopic (exact) mass is 410 g/mol. The molecule has 0 aliphatic heterocycles. The van der Waals surface area contributed by atoms with Crippen molar-refractivity contribution in [2.24, 2.45) is 0 Å². The number of halogens is 2. The van der Waals surface area contributed by atoms with E-state index in [2.05, 4.69) is 59.8 Å². The van der Waals surface area contributed by atoms with Gasteiger partial charge < -0.3 is 0 Å². The lowest BCUT2D eigenvalue weighted by Crippen LogP contribution is -2.17. The van der Waals surface area contributed by atoms with Gasteiger partial charge in [-0.1, -0.05) is 60.1 Å². The highest BCUT2D eigenvalue weighted by molar-refractivity contribution is 7.09. The Hall–Kier alpha value is -2.27. The molecule has 0 N–H and O–H groups in total. The lowest BCUT2D eigenvalue weighted by Gasteiger charge is -2.17. The fraction of sp³-hybridized carbons (Fsp3) is 0.174. The predicted octanol–water partition coefficient (Wildman–Crippen LogP) is 6.31. The van der Waals surface area contributed by atoms with Crippen LogP contribution >= 0.6 is 22.9 Å². The zero-order valence-corrected chi connectivity index (χ0v) is 17.1. The Labute approximate surface area is 173 Å². The van der Waals surface area contributed by atoms with E-state index in [9.17, 15) is 4.39 Å². The standard InChI is InChI=1S/C23H20ClFN2S/c1-27(13-18-7-4-6-16-5-2-3-8-21(16)18)14-20-15-28-23(26-20)11-17-9-10-19(25)12-22(17)24/h2-10,12,15H,11,13-14H2,1H3. The second-order valence-corrected chi connectivity index (χ2v) is 8.31. The number of benzene rings is 3. The summed E-state index contributed by atoms with van der Waals surface area (Å²) in [6.45, 7) is 1.63. The van der Waals surface area contributed by atoms with Gasteiger partial charge in [0.25, 0.3) is 0 Å². The summed E-state index contributed by atoms with van der Waals surface area (Å²) in [7, 11) is 2.11. The molecule has 0 aliphatic carbocycles. The number of aromatic nitrogens is 1. The Bertz CT molecular complexity index is 1100. The van der Waals surface area contributed by atoms with Gasteiger partial charge in [0, 0.05) is 29.9 Å². The summed E-state index contributed by atoms with van der Waals surface area (Å²) in [5.41, 5.74) is 3.25. The van der Waals surface area contributed by atoms with Gasteiger partial charge in [-0.2, -0.15) is 0 Å². The highest BCUT2D eigenvalue weighted by Crippen LogP contribution is 2.23. The predicted molar refractivity (Wildman–Crippen MR) is 115 cm³/mol. The summed E-state index contributed by atoms with van der Waals surface area (Å²) in [5, 5.41) is 6.08. The molecule has 4 rings (SSSR count). The molecule has 2 nitrogen and oxygen atoms in total. The number of fused-ring (bicyclic) bond motifs is 1. The smallest absolute Gasteiger partial charge is 0.124 e. The number of thiazole rings is 1. The Kier molecular flexibility index (Phi) is 5.72. The van der Waals surface area contributed by atoms with Crippen LogP contribution in [0.1, 0.15) is 21.8 Å². The summed E-state index contributed by atoms with van der Waals surface area (Å²) in [4.78, 5) is 7.01. The highest BCUT2D eigenvalue weighted by Gasteiger charge is 2.10. The van der Waals surface area contributed by atoms with Crippen molar-refractivity contribution >= 4 is 33.7 Å². The van der Waals surface area contributed by atoms with Crippen LogP contribution in [0.5, 0.6) is 0 Å². The maximum atomic E-state index is 13.2. The minimum absolute atomic E-state index is 0.316. The number of hydrogen-bond donors (Lipinski definition) is 0. The minimum Gasteiger partial charge on any atom is -0.296 e. The van der Waals surface area contributed by atoms with Crippen molar-refractivity contribution in [2.45, 2.75) is 19.5 Å². The van der Waals surface area contributed by atoms with Crippen molar-refractivity contribution in [3.8, 4) is 0 Å². The average Bonchev–Trinajstić information content (AvgIpc) is 3.11. The molecule has 1 aromatic heterocycles. The molecular weight excluding hydrogens is 391 g/mol. The van der Waals surface area contributed by atoms with E-state index in [0.717, 1.165) is 29.4 Å². The summed E-state index contributed by atoms with van der Waals surface area (Å²) in [5.74, 6) is -0.316. The molecule has 28 heavy (non-hydrogen) atoms. The number of hydrogen-bond acceptors (Lipinski definition) is 3. The molecule has 0 aliphatic rings. The first-order chi connectivity index (χ1) is 13.6. The van der Waals surface area contributed by atoms with Crippen molar-refractivity contribution < 1.29 is 4.39 Å². The summed E-state index contributed by atoms with van der Waals surface area (Å²) in [6, 6.07) is 19.4. The van der Waals surface area contributed by atoms with Crippen LogP contribution in [-0.4, -0.2) is 16.9 Å². The first kappa shape index (κ1) is 19.1. The van der Waals surface area contributed by atoms with E-state index < -0.39 is 0 Å². The molecule has 0 amide bonds. The third kappa shape index (κ3) is 4.41. The number of rotatable bonds is 6. The van der Waals surface area contributed by atoms with Crippen molar-refractivity contribution in [2.75, 3.05) is 7.05 Å². The molecule has 0 saturated heterocycles. The van der Waals surface area contributed by atoms with Gasteiger partial charge in [-0.05, 0) is 41.1 Å². The Morgan fingerprint density at radius 1 is 1.00 bits per heavy atom. The van der Waals surface area contributed by atoms with Crippen molar-refractivity contribution in [3.63, 3.8) is 0 Å². The zero-order chi connectivity index (χ0) is 19.5. The lowest BCUT2D eigenvalue weighted by molar-refractivity contribution is 0.317. The van der Waals surface area contributed by atoms with Gasteiger partial charge in [0.05, 0.1) is 10.7 Å². The van der Waals surface area contributed by atoms with Crippen LogP contribution in [0, 0.1) is 5.82 Å². The van der Waals surface area contributed by atoms with Gasteiger partial charge in [0.1, 0.15) is 5.82 Å². The molecule has 0 bridgehead atoms. The SMILES string of the molecule is CN(Cc1csc(Cc2ccc(F)cc2Cl)n1)Cc1cccc2ccccc12. The largest absolute Gasteiger partial charge is 0.296 e. The van der Waals surface area contributed by atoms with Crippen molar-refractivity contribution in [1.29, 1.82) is 0 Å². The summed E-state index contributed by atoms with van der Waals surface area (Å²) in [6.07, 6.45) is 0.622. The maximum absolute atomic E-state index is 13.2. The van der Waals surface area contributed by atoms with E-state index in [1.807, 2.05) is 0 Å². The summed E-state index contributed by atoms with van der Waals surface area (Å²) >= 11 is 7.76. The van der Waals surface area contributed by atoms with Crippen LogP contribution in [0.2, 0.25) is 5.02 Å². The minimum atomic E-state index is -0.316. The fourth-order valence-corrected chi connectivity index (χ4v) is 4.43.